The molecule has 96 valence electrons. The number of hydrogen-bond acceptors (Lipinski definition) is 2. The van der Waals surface area contributed by atoms with Crippen molar-refractivity contribution in [1.29, 1.82) is 0 Å². The van der Waals surface area contributed by atoms with Gasteiger partial charge in [0.15, 0.2) is 0 Å². The Labute approximate surface area is 120 Å². The minimum atomic E-state index is -0.137. The van der Waals surface area contributed by atoms with Gasteiger partial charge in [-0.05, 0) is 47.5 Å². The van der Waals surface area contributed by atoms with E-state index in [2.05, 4.69) is 57.8 Å². The Morgan fingerprint density at radius 1 is 1.29 bits per heavy atom. The van der Waals surface area contributed by atoms with Crippen molar-refractivity contribution in [2.75, 3.05) is 13.7 Å². The lowest BCUT2D eigenvalue weighted by Crippen LogP contribution is -2.25. The average Bonchev–Trinajstić information content (AvgIpc) is 2.31. The van der Waals surface area contributed by atoms with Crippen LogP contribution in [0.3, 0.4) is 0 Å². The highest BCUT2D eigenvalue weighted by molar-refractivity contribution is 9.10. The van der Waals surface area contributed by atoms with E-state index < -0.39 is 0 Å². The molecule has 0 heterocycles. The molecule has 0 fully saturated rings. The van der Waals surface area contributed by atoms with E-state index >= 15 is 0 Å². The average molecular weight is 366 g/mol. The van der Waals surface area contributed by atoms with Gasteiger partial charge in [-0.3, -0.25) is 0 Å². The van der Waals surface area contributed by atoms with Gasteiger partial charge in [0.2, 0.25) is 0 Å². The third-order valence-electron chi connectivity index (χ3n) is 2.66. The summed E-state index contributed by atoms with van der Waals surface area (Å²) >= 11 is 6.93. The molecular weight excluding hydrogens is 348 g/mol. The first-order chi connectivity index (χ1) is 7.98. The summed E-state index contributed by atoms with van der Waals surface area (Å²) in [6.45, 7) is 4.76. The predicted molar refractivity (Wildman–Crippen MR) is 78.0 cm³/mol. The summed E-state index contributed by atoms with van der Waals surface area (Å²) in [5.74, 6) is 0.876. The summed E-state index contributed by atoms with van der Waals surface area (Å²) in [6.07, 6.45) is 0.857. The van der Waals surface area contributed by atoms with Crippen LogP contribution < -0.4 is 4.74 Å². The first-order valence-corrected chi connectivity index (χ1v) is 7.42. The lowest BCUT2D eigenvalue weighted by molar-refractivity contribution is 0.00539. The fourth-order valence-corrected chi connectivity index (χ4v) is 2.14. The third-order valence-corrected chi connectivity index (χ3v) is 3.93. The van der Waals surface area contributed by atoms with Gasteiger partial charge in [-0.2, -0.15) is 0 Å². The van der Waals surface area contributed by atoms with Crippen LogP contribution >= 0.6 is 31.9 Å². The van der Waals surface area contributed by atoms with Crippen molar-refractivity contribution in [3.63, 3.8) is 0 Å². The number of hydrogen-bond donors (Lipinski definition) is 0. The molecule has 1 rings (SSSR count). The quantitative estimate of drug-likeness (QED) is 0.689. The Bertz CT molecular complexity index is 364. The van der Waals surface area contributed by atoms with Crippen molar-refractivity contribution in [2.24, 2.45) is 0 Å². The van der Waals surface area contributed by atoms with Crippen molar-refractivity contribution < 1.29 is 9.47 Å². The summed E-state index contributed by atoms with van der Waals surface area (Å²) in [7, 11) is 1.72. The van der Waals surface area contributed by atoms with Gasteiger partial charge in [-0.1, -0.05) is 22.0 Å². The van der Waals surface area contributed by atoms with Crippen molar-refractivity contribution >= 4 is 31.9 Å². The molecule has 0 aromatic heterocycles. The molecule has 0 unspecified atom stereocenters. The van der Waals surface area contributed by atoms with Crippen LogP contribution in [0.1, 0.15) is 25.8 Å². The molecule has 0 spiro atoms. The van der Waals surface area contributed by atoms with Crippen molar-refractivity contribution in [1.82, 2.24) is 0 Å². The minimum absolute atomic E-state index is 0.137. The van der Waals surface area contributed by atoms with Crippen LogP contribution in [-0.2, 0) is 10.1 Å². The second kappa shape index (κ2) is 6.76. The van der Waals surface area contributed by atoms with Gasteiger partial charge in [0.05, 0.1) is 16.7 Å². The zero-order valence-corrected chi connectivity index (χ0v) is 13.6. The van der Waals surface area contributed by atoms with Crippen LogP contribution in [0.5, 0.6) is 5.75 Å². The summed E-state index contributed by atoms with van der Waals surface area (Å²) in [6, 6.07) is 6.10. The molecule has 0 amide bonds. The first kappa shape index (κ1) is 15.0. The first-order valence-electron chi connectivity index (χ1n) is 5.51. The van der Waals surface area contributed by atoms with Gasteiger partial charge < -0.3 is 9.47 Å². The Balaban J connectivity index is 2.52. The topological polar surface area (TPSA) is 18.5 Å². The minimum Gasteiger partial charge on any atom is -0.492 e. The maximum Gasteiger partial charge on any atom is 0.133 e. The van der Waals surface area contributed by atoms with Crippen molar-refractivity contribution in [3.8, 4) is 5.75 Å². The molecule has 2 nitrogen and oxygen atoms in total. The van der Waals surface area contributed by atoms with Gasteiger partial charge in [0.25, 0.3) is 0 Å². The number of benzene rings is 1. The Morgan fingerprint density at radius 3 is 2.53 bits per heavy atom. The lowest BCUT2D eigenvalue weighted by atomic mass is 10.1. The van der Waals surface area contributed by atoms with Crippen LogP contribution in [-0.4, -0.2) is 19.3 Å². The normalized spacial score (nSPS) is 11.6. The molecule has 1 aromatic carbocycles. The zero-order valence-electron chi connectivity index (χ0n) is 10.4. The largest absolute Gasteiger partial charge is 0.492 e. The molecular formula is C13H18Br2O2. The zero-order chi connectivity index (χ0) is 12.9. The van der Waals surface area contributed by atoms with E-state index in [1.54, 1.807) is 7.11 Å². The number of halogens is 2. The Morgan fingerprint density at radius 2 is 2.00 bits per heavy atom. The van der Waals surface area contributed by atoms with E-state index in [9.17, 15) is 0 Å². The molecule has 0 aliphatic heterocycles. The second-order valence-corrected chi connectivity index (χ2v) is 5.88. The highest BCUT2D eigenvalue weighted by Crippen LogP contribution is 2.27. The molecule has 0 N–H and O–H groups in total. The van der Waals surface area contributed by atoms with E-state index in [1.165, 1.54) is 5.56 Å². The van der Waals surface area contributed by atoms with Crippen LogP contribution in [0.2, 0.25) is 0 Å². The van der Waals surface area contributed by atoms with Crippen LogP contribution in [0.15, 0.2) is 22.7 Å². The lowest BCUT2D eigenvalue weighted by Gasteiger charge is -2.22. The van der Waals surface area contributed by atoms with Crippen LogP contribution in [0, 0.1) is 0 Å². The third kappa shape index (κ3) is 4.98. The number of alkyl halides is 1. The van der Waals surface area contributed by atoms with E-state index in [1.807, 2.05) is 6.07 Å². The smallest absolute Gasteiger partial charge is 0.133 e. The standard InChI is InChI=1S/C13H18Br2O2/c1-13(2,16-3)6-7-17-12-5-4-10(9-14)8-11(12)15/h4-5,8H,6-7,9H2,1-3H3. The van der Waals surface area contributed by atoms with E-state index in [0.29, 0.717) is 6.61 Å². The van der Waals surface area contributed by atoms with E-state index in [4.69, 9.17) is 9.47 Å². The number of methoxy groups -OCH3 is 1. The molecule has 0 radical (unpaired) electrons. The van der Waals surface area contributed by atoms with Gasteiger partial charge in [-0.15, -0.1) is 0 Å². The fraction of sp³-hybridized carbons (Fsp3) is 0.538. The molecule has 0 atom stereocenters. The molecule has 17 heavy (non-hydrogen) atoms. The van der Waals surface area contributed by atoms with Crippen molar-refractivity contribution in [2.45, 2.75) is 31.2 Å². The summed E-state index contributed by atoms with van der Waals surface area (Å²) < 4.78 is 12.1. The second-order valence-electron chi connectivity index (χ2n) is 4.46. The molecule has 0 saturated heterocycles. The maximum absolute atomic E-state index is 5.73. The number of ether oxygens (including phenoxy) is 2. The molecule has 1 aromatic rings. The Hall–Kier alpha value is -0.0600. The predicted octanol–water partition coefficient (Wildman–Crippen LogP) is 4.54. The van der Waals surface area contributed by atoms with E-state index in [-0.39, 0.29) is 5.60 Å². The SMILES string of the molecule is COC(C)(C)CCOc1ccc(CBr)cc1Br. The van der Waals surface area contributed by atoms with Crippen LogP contribution in [0.4, 0.5) is 0 Å². The molecule has 0 saturated carbocycles. The summed E-state index contributed by atoms with van der Waals surface area (Å²) in [4.78, 5) is 0. The molecule has 0 aliphatic carbocycles. The van der Waals surface area contributed by atoms with Gasteiger partial charge in [0, 0.05) is 18.9 Å². The molecule has 0 bridgehead atoms. The monoisotopic (exact) mass is 364 g/mol. The highest BCUT2D eigenvalue weighted by atomic mass is 79.9. The number of rotatable bonds is 6. The highest BCUT2D eigenvalue weighted by Gasteiger charge is 2.16. The van der Waals surface area contributed by atoms with E-state index in [0.717, 1.165) is 22.0 Å². The molecule has 0 aliphatic rings. The van der Waals surface area contributed by atoms with Gasteiger partial charge in [0.1, 0.15) is 5.75 Å². The summed E-state index contributed by atoms with van der Waals surface area (Å²) in [5, 5.41) is 0.850. The fourth-order valence-electron chi connectivity index (χ4n) is 1.25. The van der Waals surface area contributed by atoms with Gasteiger partial charge in [-0.25, -0.2) is 0 Å². The van der Waals surface area contributed by atoms with Crippen molar-refractivity contribution in [3.05, 3.63) is 28.2 Å². The molecule has 4 heteroatoms. The van der Waals surface area contributed by atoms with Gasteiger partial charge >= 0.3 is 0 Å². The maximum atomic E-state index is 5.73. The Kier molecular flexibility index (Phi) is 5.97. The van der Waals surface area contributed by atoms with Crippen LogP contribution in [0.25, 0.3) is 0 Å². The summed E-state index contributed by atoms with van der Waals surface area (Å²) in [5.41, 5.74) is 1.09.